The molecule has 1 aliphatic rings. The number of benzene rings is 2. The third-order valence-corrected chi connectivity index (χ3v) is 4.91. The van der Waals surface area contributed by atoms with Crippen LogP contribution in [0.2, 0.25) is 10.0 Å². The summed E-state index contributed by atoms with van der Waals surface area (Å²) >= 11 is 14.0. The van der Waals surface area contributed by atoms with Gasteiger partial charge in [0.2, 0.25) is 5.91 Å². The maximum absolute atomic E-state index is 12.1. The largest absolute Gasteiger partial charge is 0.323 e. The van der Waals surface area contributed by atoms with Crippen LogP contribution in [0.4, 0.5) is 5.69 Å². The van der Waals surface area contributed by atoms with Crippen LogP contribution in [-0.4, -0.2) is 12.2 Å². The fourth-order valence-corrected chi connectivity index (χ4v) is 3.65. The molecular weight excluding hydrogens is 313 g/mol. The monoisotopic (exact) mass is 323 g/mol. The van der Waals surface area contributed by atoms with E-state index >= 15 is 0 Å². The maximum atomic E-state index is 12.1. The molecule has 102 valence electrons. The number of carbonyl (C=O) groups is 1. The molecule has 2 aromatic rings. The first kappa shape index (κ1) is 13.8. The number of halogens is 2. The summed E-state index contributed by atoms with van der Waals surface area (Å²) in [6, 6.07) is 11.3. The SMILES string of the molecule is CSC1C(=O)Nc2c(Cl)ccc(-c3ccccc3Cl)c21. The van der Waals surface area contributed by atoms with Crippen LogP contribution in [0.3, 0.4) is 0 Å². The van der Waals surface area contributed by atoms with E-state index in [-0.39, 0.29) is 11.2 Å². The lowest BCUT2D eigenvalue weighted by Gasteiger charge is -2.13. The Morgan fingerprint density at radius 1 is 1.05 bits per heavy atom. The van der Waals surface area contributed by atoms with E-state index in [1.807, 2.05) is 36.6 Å². The van der Waals surface area contributed by atoms with Gasteiger partial charge in [-0.2, -0.15) is 0 Å². The lowest BCUT2D eigenvalue weighted by Crippen LogP contribution is -2.08. The zero-order valence-corrected chi connectivity index (χ0v) is 12.9. The van der Waals surface area contributed by atoms with Gasteiger partial charge in [-0.15, -0.1) is 11.8 Å². The second kappa shape index (κ2) is 5.32. The standard InChI is InChI=1S/C15H11Cl2NOS/c1-20-14-12-9(8-4-2-3-5-10(8)16)6-7-11(17)13(12)18-15(14)19/h2-7,14H,1H3,(H,18,19). The molecule has 1 N–H and O–H groups in total. The summed E-state index contributed by atoms with van der Waals surface area (Å²) in [4.78, 5) is 12.1. The summed E-state index contributed by atoms with van der Waals surface area (Å²) in [5.74, 6) is -0.0334. The molecule has 5 heteroatoms. The molecule has 0 bridgehead atoms. The molecule has 0 spiro atoms. The molecule has 20 heavy (non-hydrogen) atoms. The summed E-state index contributed by atoms with van der Waals surface area (Å²) in [7, 11) is 0. The average molecular weight is 324 g/mol. The van der Waals surface area contributed by atoms with E-state index in [0.717, 1.165) is 16.7 Å². The minimum atomic E-state index is -0.255. The van der Waals surface area contributed by atoms with E-state index in [1.54, 1.807) is 6.07 Å². The molecule has 0 aliphatic carbocycles. The van der Waals surface area contributed by atoms with Crippen LogP contribution >= 0.6 is 35.0 Å². The molecule has 0 aromatic heterocycles. The molecule has 0 radical (unpaired) electrons. The molecule has 1 aliphatic heterocycles. The van der Waals surface area contributed by atoms with Crippen molar-refractivity contribution in [3.8, 4) is 11.1 Å². The second-order valence-corrected chi connectivity index (χ2v) is 6.23. The number of fused-ring (bicyclic) bond motifs is 1. The number of nitrogens with one attached hydrogen (secondary N) is 1. The van der Waals surface area contributed by atoms with Crippen molar-refractivity contribution in [1.29, 1.82) is 0 Å². The zero-order chi connectivity index (χ0) is 14.3. The van der Waals surface area contributed by atoms with Gasteiger partial charge in [-0.25, -0.2) is 0 Å². The van der Waals surface area contributed by atoms with E-state index in [9.17, 15) is 4.79 Å². The van der Waals surface area contributed by atoms with E-state index in [0.29, 0.717) is 15.7 Å². The number of amides is 1. The highest BCUT2D eigenvalue weighted by Crippen LogP contribution is 2.48. The van der Waals surface area contributed by atoms with Gasteiger partial charge < -0.3 is 5.32 Å². The summed E-state index contributed by atoms with van der Waals surface area (Å²) < 4.78 is 0. The normalized spacial score (nSPS) is 16.9. The molecule has 3 rings (SSSR count). The number of hydrogen-bond acceptors (Lipinski definition) is 2. The van der Waals surface area contributed by atoms with Gasteiger partial charge in [0.1, 0.15) is 5.25 Å². The highest BCUT2D eigenvalue weighted by molar-refractivity contribution is 7.99. The molecule has 2 nitrogen and oxygen atoms in total. The van der Waals surface area contributed by atoms with Crippen molar-refractivity contribution in [3.05, 3.63) is 52.0 Å². The molecule has 0 saturated carbocycles. The third kappa shape index (κ3) is 2.10. The van der Waals surface area contributed by atoms with Crippen LogP contribution in [0.15, 0.2) is 36.4 Å². The highest BCUT2D eigenvalue weighted by atomic mass is 35.5. The van der Waals surface area contributed by atoms with Gasteiger partial charge in [0.25, 0.3) is 0 Å². The van der Waals surface area contributed by atoms with E-state index in [4.69, 9.17) is 23.2 Å². The molecule has 0 saturated heterocycles. The third-order valence-electron chi connectivity index (χ3n) is 3.34. The van der Waals surface area contributed by atoms with Crippen molar-refractivity contribution in [1.82, 2.24) is 0 Å². The number of anilines is 1. The number of thioether (sulfide) groups is 1. The minimum Gasteiger partial charge on any atom is -0.323 e. The van der Waals surface area contributed by atoms with E-state index in [1.165, 1.54) is 11.8 Å². The Kier molecular flexibility index (Phi) is 3.67. The molecule has 1 atom stereocenters. The fraction of sp³-hybridized carbons (Fsp3) is 0.133. The second-order valence-electron chi connectivity index (χ2n) is 4.47. The quantitative estimate of drug-likeness (QED) is 0.841. The summed E-state index contributed by atoms with van der Waals surface area (Å²) in [6.07, 6.45) is 1.91. The summed E-state index contributed by atoms with van der Waals surface area (Å²) in [5, 5.41) is 3.83. The number of carbonyl (C=O) groups excluding carboxylic acids is 1. The van der Waals surface area contributed by atoms with Crippen LogP contribution in [0.5, 0.6) is 0 Å². The average Bonchev–Trinajstić information content (AvgIpc) is 2.78. The van der Waals surface area contributed by atoms with Crippen molar-refractivity contribution < 1.29 is 4.79 Å². The van der Waals surface area contributed by atoms with Gasteiger partial charge >= 0.3 is 0 Å². The van der Waals surface area contributed by atoms with Crippen LogP contribution in [0.25, 0.3) is 11.1 Å². The van der Waals surface area contributed by atoms with Crippen molar-refractivity contribution >= 4 is 46.6 Å². The Hall–Kier alpha value is -1.16. The van der Waals surface area contributed by atoms with Crippen molar-refractivity contribution in [2.24, 2.45) is 0 Å². The van der Waals surface area contributed by atoms with Gasteiger partial charge in [0.05, 0.1) is 10.7 Å². The first-order valence-corrected chi connectivity index (χ1v) is 8.09. The Bertz CT molecular complexity index is 702. The fourth-order valence-electron chi connectivity index (χ4n) is 2.45. The molecule has 2 aromatic carbocycles. The van der Waals surface area contributed by atoms with Crippen LogP contribution in [0.1, 0.15) is 10.8 Å². The van der Waals surface area contributed by atoms with Gasteiger partial charge in [-0.3, -0.25) is 4.79 Å². The molecule has 1 heterocycles. The van der Waals surface area contributed by atoms with Gasteiger partial charge in [-0.1, -0.05) is 47.5 Å². The Morgan fingerprint density at radius 2 is 1.80 bits per heavy atom. The Labute approximate surface area is 131 Å². The van der Waals surface area contributed by atoms with Gasteiger partial charge in [0.15, 0.2) is 0 Å². The predicted molar refractivity (Wildman–Crippen MR) is 86.8 cm³/mol. The highest BCUT2D eigenvalue weighted by Gasteiger charge is 2.34. The summed E-state index contributed by atoms with van der Waals surface area (Å²) in [5.41, 5.74) is 3.49. The molecule has 1 unspecified atom stereocenters. The van der Waals surface area contributed by atoms with Crippen molar-refractivity contribution in [3.63, 3.8) is 0 Å². The van der Waals surface area contributed by atoms with E-state index in [2.05, 4.69) is 5.32 Å². The first-order valence-electron chi connectivity index (χ1n) is 6.04. The Balaban J connectivity index is 2.28. The maximum Gasteiger partial charge on any atom is 0.242 e. The van der Waals surface area contributed by atoms with Crippen LogP contribution < -0.4 is 5.32 Å². The van der Waals surface area contributed by atoms with Crippen molar-refractivity contribution in [2.45, 2.75) is 5.25 Å². The molecular formula is C15H11Cl2NOS. The smallest absolute Gasteiger partial charge is 0.242 e. The summed E-state index contributed by atoms with van der Waals surface area (Å²) in [6.45, 7) is 0. The van der Waals surface area contributed by atoms with Crippen LogP contribution in [0, 0.1) is 0 Å². The van der Waals surface area contributed by atoms with E-state index < -0.39 is 0 Å². The lowest BCUT2D eigenvalue weighted by atomic mass is 9.97. The van der Waals surface area contributed by atoms with Gasteiger partial charge in [0, 0.05) is 16.1 Å². The molecule has 0 fully saturated rings. The lowest BCUT2D eigenvalue weighted by molar-refractivity contribution is -0.115. The number of hydrogen-bond donors (Lipinski definition) is 1. The molecule has 1 amide bonds. The van der Waals surface area contributed by atoms with Gasteiger partial charge in [-0.05, 0) is 24.0 Å². The van der Waals surface area contributed by atoms with Crippen LogP contribution in [-0.2, 0) is 4.79 Å². The predicted octanol–water partition coefficient (Wildman–Crippen LogP) is 5.02. The zero-order valence-electron chi connectivity index (χ0n) is 10.6. The number of rotatable bonds is 2. The topological polar surface area (TPSA) is 29.1 Å². The minimum absolute atomic E-state index is 0.0334. The van der Waals surface area contributed by atoms with Crippen molar-refractivity contribution in [2.75, 3.05) is 11.6 Å². The first-order chi connectivity index (χ1) is 9.63. The Morgan fingerprint density at radius 3 is 2.50 bits per heavy atom.